The van der Waals surface area contributed by atoms with E-state index in [0.717, 1.165) is 11.1 Å². The summed E-state index contributed by atoms with van der Waals surface area (Å²) in [4.78, 5) is 14.1. The van der Waals surface area contributed by atoms with Crippen LogP contribution in [0.2, 0.25) is 0 Å². The van der Waals surface area contributed by atoms with Crippen molar-refractivity contribution in [1.29, 1.82) is 0 Å². The van der Waals surface area contributed by atoms with Gasteiger partial charge in [0.25, 0.3) is 0 Å². The number of carbonyl (C=O) groups excluding carboxylic acids is 1. The van der Waals surface area contributed by atoms with Crippen molar-refractivity contribution in [2.24, 2.45) is 5.10 Å². The van der Waals surface area contributed by atoms with Crippen molar-refractivity contribution in [2.45, 2.75) is 25.6 Å². The first-order chi connectivity index (χ1) is 11.6. The van der Waals surface area contributed by atoms with Crippen LogP contribution in [0.4, 0.5) is 0 Å². The average molecular weight is 341 g/mol. The Bertz CT molecular complexity index is 764. The third-order valence-corrected chi connectivity index (χ3v) is 4.22. The van der Waals surface area contributed by atoms with Gasteiger partial charge >= 0.3 is 5.97 Å². The second-order valence-corrected chi connectivity index (χ2v) is 6.02. The van der Waals surface area contributed by atoms with Gasteiger partial charge in [-0.3, -0.25) is 10.3 Å². The van der Waals surface area contributed by atoms with Gasteiger partial charge in [-0.2, -0.15) is 5.10 Å². The van der Waals surface area contributed by atoms with Crippen LogP contribution in [0.15, 0.2) is 59.7 Å². The second-order valence-electron chi connectivity index (χ2n) is 5.53. The molecule has 1 heterocycles. The molecule has 1 aliphatic heterocycles. The summed E-state index contributed by atoms with van der Waals surface area (Å²) < 4.78 is 5.60. The van der Waals surface area contributed by atoms with Crippen LogP contribution in [0.3, 0.4) is 0 Å². The first-order valence-electron chi connectivity index (χ1n) is 7.69. The molecule has 0 saturated carbocycles. The number of amidine groups is 1. The molecule has 0 aromatic heterocycles. The van der Waals surface area contributed by atoms with E-state index >= 15 is 0 Å². The van der Waals surface area contributed by atoms with Crippen molar-refractivity contribution in [3.05, 3.63) is 71.3 Å². The van der Waals surface area contributed by atoms with Crippen molar-refractivity contribution in [3.8, 4) is 0 Å². The number of thiol groups is 1. The fraction of sp³-hybridized carbons (Fsp3) is 0.222. The van der Waals surface area contributed by atoms with Crippen molar-refractivity contribution < 1.29 is 9.53 Å². The monoisotopic (exact) mass is 341 g/mol. The van der Waals surface area contributed by atoms with Gasteiger partial charge in [-0.25, -0.2) is 4.79 Å². The average Bonchev–Trinajstić information content (AvgIpc) is 2.97. The van der Waals surface area contributed by atoms with E-state index in [1.807, 2.05) is 49.1 Å². The summed E-state index contributed by atoms with van der Waals surface area (Å²) in [5.41, 5.74) is 5.14. The molecule has 2 aromatic rings. The summed E-state index contributed by atoms with van der Waals surface area (Å²) in [6.07, 6.45) is -0.520. The van der Waals surface area contributed by atoms with Crippen LogP contribution in [-0.4, -0.2) is 28.4 Å². The Balaban J connectivity index is 1.80. The first-order valence-corrected chi connectivity index (χ1v) is 8.21. The SMILES string of the molecule is Cc1ccccc1C1=NNC(S)N1C(C)OC(=O)c1ccccc1. The van der Waals surface area contributed by atoms with Crippen LogP contribution in [0, 0.1) is 6.92 Å². The molecule has 124 valence electrons. The topological polar surface area (TPSA) is 53.9 Å². The van der Waals surface area contributed by atoms with Gasteiger partial charge in [0.1, 0.15) is 0 Å². The Morgan fingerprint density at radius 1 is 1.21 bits per heavy atom. The van der Waals surface area contributed by atoms with Crippen molar-refractivity contribution in [2.75, 3.05) is 0 Å². The number of hydrazone groups is 1. The molecule has 24 heavy (non-hydrogen) atoms. The Hall–Kier alpha value is -2.47. The minimum atomic E-state index is -0.520. The van der Waals surface area contributed by atoms with E-state index in [-0.39, 0.29) is 11.5 Å². The molecule has 2 unspecified atom stereocenters. The normalized spacial score (nSPS) is 17.9. The number of nitrogens with zero attached hydrogens (tertiary/aromatic N) is 2. The maximum atomic E-state index is 12.3. The molecule has 5 nitrogen and oxygen atoms in total. The second kappa shape index (κ2) is 6.97. The van der Waals surface area contributed by atoms with Gasteiger partial charge in [-0.05, 0) is 31.5 Å². The van der Waals surface area contributed by atoms with E-state index in [1.165, 1.54) is 0 Å². The number of benzene rings is 2. The predicted molar refractivity (Wildman–Crippen MR) is 96.8 cm³/mol. The number of aryl methyl sites for hydroxylation is 1. The highest BCUT2D eigenvalue weighted by Crippen LogP contribution is 2.22. The molecule has 0 bridgehead atoms. The van der Waals surface area contributed by atoms with Crippen molar-refractivity contribution in [1.82, 2.24) is 10.3 Å². The van der Waals surface area contributed by atoms with E-state index in [0.29, 0.717) is 11.4 Å². The van der Waals surface area contributed by atoms with Gasteiger partial charge in [-0.1, -0.05) is 42.5 Å². The zero-order valence-corrected chi connectivity index (χ0v) is 14.4. The Morgan fingerprint density at radius 2 is 1.88 bits per heavy atom. The molecule has 0 radical (unpaired) electrons. The number of hydrogen-bond acceptors (Lipinski definition) is 6. The molecule has 0 fully saturated rings. The fourth-order valence-electron chi connectivity index (χ4n) is 2.60. The largest absolute Gasteiger partial charge is 0.438 e. The van der Waals surface area contributed by atoms with E-state index in [9.17, 15) is 4.79 Å². The maximum Gasteiger partial charge on any atom is 0.340 e. The number of carbonyl (C=O) groups is 1. The third-order valence-electron chi connectivity index (χ3n) is 3.86. The lowest BCUT2D eigenvalue weighted by Gasteiger charge is -2.30. The molecule has 6 heteroatoms. The highest BCUT2D eigenvalue weighted by atomic mass is 32.1. The van der Waals surface area contributed by atoms with Crippen LogP contribution in [0.25, 0.3) is 0 Å². The molecular formula is C18H19N3O2S. The van der Waals surface area contributed by atoms with Crippen LogP contribution >= 0.6 is 12.6 Å². The van der Waals surface area contributed by atoms with Gasteiger partial charge in [0, 0.05) is 5.56 Å². The summed E-state index contributed by atoms with van der Waals surface area (Å²) in [6, 6.07) is 16.9. The molecule has 3 rings (SSSR count). The summed E-state index contributed by atoms with van der Waals surface area (Å²) in [5.74, 6) is 0.334. The number of rotatable bonds is 4. The van der Waals surface area contributed by atoms with E-state index < -0.39 is 6.23 Å². The fourth-order valence-corrected chi connectivity index (χ4v) is 2.96. The van der Waals surface area contributed by atoms with Crippen LogP contribution < -0.4 is 5.43 Å². The minimum Gasteiger partial charge on any atom is -0.438 e. The molecule has 0 amide bonds. The lowest BCUT2D eigenvalue weighted by atomic mass is 10.1. The highest BCUT2D eigenvalue weighted by Gasteiger charge is 2.33. The molecule has 0 spiro atoms. The summed E-state index contributed by atoms with van der Waals surface area (Å²) in [7, 11) is 0. The van der Waals surface area contributed by atoms with E-state index in [4.69, 9.17) is 4.74 Å². The summed E-state index contributed by atoms with van der Waals surface area (Å²) in [5, 5.41) is 4.36. The quantitative estimate of drug-likeness (QED) is 0.663. The zero-order valence-electron chi connectivity index (χ0n) is 13.5. The molecule has 1 aliphatic rings. The van der Waals surface area contributed by atoms with Crippen LogP contribution in [0.1, 0.15) is 28.4 Å². The van der Waals surface area contributed by atoms with E-state index in [2.05, 4.69) is 23.2 Å². The molecule has 2 aromatic carbocycles. The number of nitrogens with one attached hydrogen (secondary N) is 1. The minimum absolute atomic E-state index is 0.363. The van der Waals surface area contributed by atoms with Gasteiger partial charge in [0.15, 0.2) is 17.6 Å². The standard InChI is InChI=1S/C18H19N3O2S/c1-12-8-6-7-11-15(12)16-19-20-18(24)21(16)13(2)23-17(22)14-9-4-3-5-10-14/h3-11,13,18,20,24H,1-2H3. The van der Waals surface area contributed by atoms with E-state index in [1.54, 1.807) is 24.3 Å². The van der Waals surface area contributed by atoms with Crippen molar-refractivity contribution >= 4 is 24.4 Å². The van der Waals surface area contributed by atoms with Crippen LogP contribution in [-0.2, 0) is 4.74 Å². The Labute approximate surface area is 146 Å². The third kappa shape index (κ3) is 3.23. The first kappa shape index (κ1) is 16.4. The zero-order chi connectivity index (χ0) is 17.1. The van der Waals surface area contributed by atoms with Gasteiger partial charge in [-0.15, -0.1) is 12.6 Å². The molecule has 0 saturated heterocycles. The lowest BCUT2D eigenvalue weighted by molar-refractivity contribution is -0.00115. The molecular weight excluding hydrogens is 322 g/mol. The number of esters is 1. The van der Waals surface area contributed by atoms with Gasteiger partial charge in [0.05, 0.1) is 5.56 Å². The Kier molecular flexibility index (Phi) is 4.76. The number of hydrogen-bond donors (Lipinski definition) is 2. The van der Waals surface area contributed by atoms with Crippen LogP contribution in [0.5, 0.6) is 0 Å². The lowest BCUT2D eigenvalue weighted by Crippen LogP contribution is -2.45. The molecule has 1 N–H and O–H groups in total. The van der Waals surface area contributed by atoms with Crippen molar-refractivity contribution in [3.63, 3.8) is 0 Å². The summed E-state index contributed by atoms with van der Waals surface area (Å²) in [6.45, 7) is 3.83. The molecule has 2 atom stereocenters. The van der Waals surface area contributed by atoms with Gasteiger partial charge in [0.2, 0.25) is 0 Å². The Morgan fingerprint density at radius 3 is 2.58 bits per heavy atom. The smallest absolute Gasteiger partial charge is 0.340 e. The number of ether oxygens (including phenoxy) is 1. The van der Waals surface area contributed by atoms with Gasteiger partial charge < -0.3 is 4.74 Å². The predicted octanol–water partition coefficient (Wildman–Crippen LogP) is 2.98. The molecule has 0 aliphatic carbocycles. The maximum absolute atomic E-state index is 12.3. The highest BCUT2D eigenvalue weighted by molar-refractivity contribution is 7.80. The summed E-state index contributed by atoms with van der Waals surface area (Å²) >= 11 is 4.49.